The second-order valence-electron chi connectivity index (χ2n) is 4.96. The van der Waals surface area contributed by atoms with Gasteiger partial charge in [0.05, 0.1) is 16.1 Å². The van der Waals surface area contributed by atoms with Crippen LogP contribution in [0.15, 0.2) is 12.1 Å². The van der Waals surface area contributed by atoms with E-state index >= 15 is 0 Å². The first-order valence-corrected chi connectivity index (χ1v) is 6.63. The van der Waals surface area contributed by atoms with Crippen molar-refractivity contribution in [3.8, 4) is 0 Å². The average Bonchev–Trinajstić information content (AvgIpc) is 3.09. The van der Waals surface area contributed by atoms with Gasteiger partial charge in [-0.25, -0.2) is 9.37 Å². The molecule has 1 heterocycles. The van der Waals surface area contributed by atoms with E-state index in [9.17, 15) is 4.39 Å². The van der Waals surface area contributed by atoms with Gasteiger partial charge < -0.3 is 10.3 Å². The minimum absolute atomic E-state index is 0.117. The van der Waals surface area contributed by atoms with E-state index in [1.54, 1.807) is 6.07 Å². The molecule has 3 nitrogen and oxygen atoms in total. The summed E-state index contributed by atoms with van der Waals surface area (Å²) in [5, 5.41) is 0.117. The van der Waals surface area contributed by atoms with Crippen molar-refractivity contribution in [2.45, 2.75) is 32.2 Å². The maximum atomic E-state index is 13.3. The van der Waals surface area contributed by atoms with E-state index in [1.807, 2.05) is 4.57 Å². The lowest BCUT2D eigenvalue weighted by atomic mass is 10.2. The smallest absolute Gasteiger partial charge is 0.201 e. The first-order chi connectivity index (χ1) is 8.65. The Morgan fingerprint density at radius 1 is 1.44 bits per heavy atom. The molecular formula is C13H15ClFN3. The Morgan fingerprint density at radius 3 is 2.94 bits per heavy atom. The third-order valence-corrected chi connectivity index (χ3v) is 3.80. The summed E-state index contributed by atoms with van der Waals surface area (Å²) in [6.45, 7) is 0.820. The van der Waals surface area contributed by atoms with Gasteiger partial charge in [0.2, 0.25) is 5.95 Å². The molecule has 0 aliphatic heterocycles. The molecule has 0 atom stereocenters. The monoisotopic (exact) mass is 267 g/mol. The van der Waals surface area contributed by atoms with Crippen molar-refractivity contribution >= 4 is 28.6 Å². The Labute approximate surface area is 110 Å². The predicted molar refractivity (Wildman–Crippen MR) is 71.1 cm³/mol. The number of halogens is 2. The van der Waals surface area contributed by atoms with Gasteiger partial charge in [-0.3, -0.25) is 0 Å². The standard InChI is InChI=1S/C13H15ClFN3/c14-9-6-12-11(7-10(9)15)17-13(16)18(12)5-1-2-8-3-4-8/h6-8H,1-5H2,(H2,16,17). The van der Waals surface area contributed by atoms with E-state index in [4.69, 9.17) is 17.3 Å². The van der Waals surface area contributed by atoms with Crippen LogP contribution in [0.2, 0.25) is 5.02 Å². The van der Waals surface area contributed by atoms with Crippen molar-refractivity contribution in [3.05, 3.63) is 23.0 Å². The van der Waals surface area contributed by atoms with Gasteiger partial charge in [-0.05, 0) is 24.8 Å². The summed E-state index contributed by atoms with van der Waals surface area (Å²) in [6, 6.07) is 2.94. The van der Waals surface area contributed by atoms with E-state index in [1.165, 1.54) is 25.3 Å². The fourth-order valence-electron chi connectivity index (χ4n) is 2.32. The largest absolute Gasteiger partial charge is 0.369 e. The number of aromatic nitrogens is 2. The maximum absolute atomic E-state index is 13.3. The van der Waals surface area contributed by atoms with E-state index in [-0.39, 0.29) is 5.02 Å². The lowest BCUT2D eigenvalue weighted by Crippen LogP contribution is -2.03. The highest BCUT2D eigenvalue weighted by Gasteiger charge is 2.20. The molecule has 1 fully saturated rings. The molecule has 18 heavy (non-hydrogen) atoms. The number of nitrogen functional groups attached to an aromatic ring is 1. The molecule has 0 bridgehead atoms. The molecule has 1 aliphatic rings. The van der Waals surface area contributed by atoms with Gasteiger partial charge in [-0.2, -0.15) is 0 Å². The number of aryl methyl sites for hydroxylation is 1. The molecule has 2 N–H and O–H groups in total. The Morgan fingerprint density at radius 2 is 2.22 bits per heavy atom. The zero-order valence-corrected chi connectivity index (χ0v) is 10.8. The number of benzene rings is 1. The van der Waals surface area contributed by atoms with Gasteiger partial charge in [0.25, 0.3) is 0 Å². The maximum Gasteiger partial charge on any atom is 0.201 e. The van der Waals surface area contributed by atoms with Gasteiger partial charge in [0, 0.05) is 12.6 Å². The summed E-state index contributed by atoms with van der Waals surface area (Å²) in [4.78, 5) is 4.17. The van der Waals surface area contributed by atoms with Crippen LogP contribution < -0.4 is 5.73 Å². The zero-order chi connectivity index (χ0) is 12.7. The lowest BCUT2D eigenvalue weighted by Gasteiger charge is -2.06. The summed E-state index contributed by atoms with van der Waals surface area (Å²) in [5.41, 5.74) is 7.26. The van der Waals surface area contributed by atoms with Crippen LogP contribution in [0.1, 0.15) is 25.7 Å². The first kappa shape index (κ1) is 11.8. The summed E-state index contributed by atoms with van der Waals surface area (Å²) in [5.74, 6) is 0.885. The second kappa shape index (κ2) is 4.43. The molecule has 0 spiro atoms. The third kappa shape index (κ3) is 2.17. The normalized spacial score (nSPS) is 15.4. The van der Waals surface area contributed by atoms with Gasteiger partial charge >= 0.3 is 0 Å². The summed E-state index contributed by atoms with van der Waals surface area (Å²) in [7, 11) is 0. The number of anilines is 1. The highest BCUT2D eigenvalue weighted by Crippen LogP contribution is 2.34. The molecular weight excluding hydrogens is 253 g/mol. The molecule has 0 amide bonds. The Hall–Kier alpha value is -1.29. The molecule has 96 valence electrons. The Balaban J connectivity index is 1.88. The quantitative estimate of drug-likeness (QED) is 0.920. The Bertz CT molecular complexity index is 589. The van der Waals surface area contributed by atoms with Gasteiger partial charge in [-0.15, -0.1) is 0 Å². The molecule has 1 aliphatic carbocycles. The summed E-state index contributed by atoms with van der Waals surface area (Å²) < 4.78 is 15.3. The van der Waals surface area contributed by atoms with E-state index in [0.717, 1.165) is 24.4 Å². The van der Waals surface area contributed by atoms with Crippen molar-refractivity contribution in [1.82, 2.24) is 9.55 Å². The number of nitrogens with two attached hydrogens (primary N) is 1. The fraction of sp³-hybridized carbons (Fsp3) is 0.462. The highest BCUT2D eigenvalue weighted by molar-refractivity contribution is 6.31. The van der Waals surface area contributed by atoms with Crippen LogP contribution >= 0.6 is 11.6 Å². The van der Waals surface area contributed by atoms with Crippen LogP contribution in [0, 0.1) is 11.7 Å². The molecule has 1 aromatic carbocycles. The van der Waals surface area contributed by atoms with Crippen molar-refractivity contribution < 1.29 is 4.39 Å². The van der Waals surface area contributed by atoms with Crippen LogP contribution in [-0.4, -0.2) is 9.55 Å². The highest BCUT2D eigenvalue weighted by atomic mass is 35.5. The lowest BCUT2D eigenvalue weighted by molar-refractivity contribution is 0.590. The van der Waals surface area contributed by atoms with Crippen molar-refractivity contribution in [2.75, 3.05) is 5.73 Å². The van der Waals surface area contributed by atoms with Crippen LogP contribution in [0.4, 0.5) is 10.3 Å². The topological polar surface area (TPSA) is 43.8 Å². The number of nitrogens with zero attached hydrogens (tertiary/aromatic N) is 2. The van der Waals surface area contributed by atoms with E-state index in [0.29, 0.717) is 11.5 Å². The summed E-state index contributed by atoms with van der Waals surface area (Å²) in [6.07, 6.45) is 5.03. The average molecular weight is 268 g/mol. The van der Waals surface area contributed by atoms with Crippen molar-refractivity contribution in [1.29, 1.82) is 0 Å². The molecule has 5 heteroatoms. The van der Waals surface area contributed by atoms with Gasteiger partial charge in [0.15, 0.2) is 0 Å². The Kier molecular flexibility index (Phi) is 2.90. The number of imidazole rings is 1. The number of fused-ring (bicyclic) bond motifs is 1. The number of rotatable bonds is 4. The van der Waals surface area contributed by atoms with Crippen LogP contribution in [0.25, 0.3) is 11.0 Å². The summed E-state index contributed by atoms with van der Waals surface area (Å²) >= 11 is 5.81. The molecule has 2 aromatic rings. The molecule has 0 radical (unpaired) electrons. The predicted octanol–water partition coefficient (Wildman–Crippen LogP) is 3.60. The van der Waals surface area contributed by atoms with Crippen LogP contribution in [-0.2, 0) is 6.54 Å². The number of hydrogen-bond donors (Lipinski definition) is 1. The molecule has 3 rings (SSSR count). The van der Waals surface area contributed by atoms with E-state index in [2.05, 4.69) is 4.98 Å². The molecule has 0 unspecified atom stereocenters. The van der Waals surface area contributed by atoms with Crippen molar-refractivity contribution in [3.63, 3.8) is 0 Å². The van der Waals surface area contributed by atoms with Gasteiger partial charge in [0.1, 0.15) is 5.82 Å². The molecule has 1 aromatic heterocycles. The zero-order valence-electron chi connectivity index (χ0n) is 10.00. The fourth-order valence-corrected chi connectivity index (χ4v) is 2.48. The second-order valence-corrected chi connectivity index (χ2v) is 5.37. The number of hydrogen-bond acceptors (Lipinski definition) is 2. The third-order valence-electron chi connectivity index (χ3n) is 3.51. The molecule has 1 saturated carbocycles. The first-order valence-electron chi connectivity index (χ1n) is 6.26. The minimum atomic E-state index is -0.452. The van der Waals surface area contributed by atoms with E-state index < -0.39 is 5.82 Å². The van der Waals surface area contributed by atoms with Gasteiger partial charge in [-0.1, -0.05) is 24.4 Å². The minimum Gasteiger partial charge on any atom is -0.369 e. The molecule has 0 saturated heterocycles. The van der Waals surface area contributed by atoms with Crippen LogP contribution in [0.5, 0.6) is 0 Å². The van der Waals surface area contributed by atoms with Crippen LogP contribution in [0.3, 0.4) is 0 Å². The van der Waals surface area contributed by atoms with Crippen molar-refractivity contribution in [2.24, 2.45) is 5.92 Å². The SMILES string of the molecule is Nc1nc2cc(F)c(Cl)cc2n1CCCC1CC1.